The van der Waals surface area contributed by atoms with Crippen molar-refractivity contribution >= 4 is 22.4 Å². The van der Waals surface area contributed by atoms with Crippen molar-refractivity contribution < 1.29 is 4.79 Å². The van der Waals surface area contributed by atoms with Crippen LogP contribution in [0.25, 0.3) is 0 Å². The summed E-state index contributed by atoms with van der Waals surface area (Å²) < 4.78 is 0. The zero-order chi connectivity index (χ0) is 14.8. The van der Waals surface area contributed by atoms with Gasteiger partial charge in [-0.2, -0.15) is 0 Å². The number of aromatic nitrogens is 2. The molecule has 1 aliphatic rings. The molecule has 1 N–H and O–H groups in total. The summed E-state index contributed by atoms with van der Waals surface area (Å²) in [4.78, 5) is 14.4. The van der Waals surface area contributed by atoms with E-state index in [1.54, 1.807) is 7.05 Å². The first-order valence-electron chi connectivity index (χ1n) is 7.22. The Labute approximate surface area is 124 Å². The van der Waals surface area contributed by atoms with Crippen molar-refractivity contribution in [1.29, 1.82) is 0 Å². The summed E-state index contributed by atoms with van der Waals surface area (Å²) in [6.45, 7) is 8.53. The third kappa shape index (κ3) is 3.48. The molecule has 1 aromatic heterocycles. The van der Waals surface area contributed by atoms with E-state index >= 15 is 0 Å². The summed E-state index contributed by atoms with van der Waals surface area (Å²) in [7, 11) is 1.79. The summed E-state index contributed by atoms with van der Waals surface area (Å²) in [5, 5.41) is 12.0. The van der Waals surface area contributed by atoms with Gasteiger partial charge in [0.05, 0.1) is 0 Å². The minimum atomic E-state index is 0.0264. The monoisotopic (exact) mass is 296 g/mol. The third-order valence-corrected chi connectivity index (χ3v) is 4.99. The van der Waals surface area contributed by atoms with Crippen molar-refractivity contribution in [2.24, 2.45) is 11.3 Å². The standard InChI is InChI=1S/C14H24N4OS/c1-14(2,3)10-6-5-8-18(9-7-10)12(19)11-16-17-13(15-4)20-11/h10H,5-9H2,1-4H3,(H,15,17). The predicted octanol–water partition coefficient (Wildman–Crippen LogP) is 2.87. The van der Waals surface area contributed by atoms with Crippen molar-refractivity contribution in [1.82, 2.24) is 15.1 Å². The molecule has 0 bridgehead atoms. The largest absolute Gasteiger partial charge is 0.363 e. The Morgan fingerprint density at radius 3 is 2.65 bits per heavy atom. The minimum Gasteiger partial charge on any atom is -0.363 e. The molecule has 1 atom stereocenters. The number of likely N-dealkylation sites (tertiary alicyclic amines) is 1. The van der Waals surface area contributed by atoms with Crippen LogP contribution in [-0.4, -0.2) is 41.1 Å². The van der Waals surface area contributed by atoms with Crippen LogP contribution in [0.5, 0.6) is 0 Å². The van der Waals surface area contributed by atoms with E-state index in [1.165, 1.54) is 17.8 Å². The molecule has 1 aromatic rings. The number of nitrogens with one attached hydrogen (secondary N) is 1. The highest BCUT2D eigenvalue weighted by Gasteiger charge is 2.29. The van der Waals surface area contributed by atoms with Gasteiger partial charge in [0.25, 0.3) is 5.91 Å². The number of carbonyl (C=O) groups excluding carboxylic acids is 1. The maximum Gasteiger partial charge on any atom is 0.284 e. The van der Waals surface area contributed by atoms with Crippen molar-refractivity contribution in [3.63, 3.8) is 0 Å². The molecule has 1 amide bonds. The Hall–Kier alpha value is -1.17. The molecule has 0 saturated carbocycles. The molecule has 5 nitrogen and oxygen atoms in total. The lowest BCUT2D eigenvalue weighted by molar-refractivity contribution is 0.0754. The van der Waals surface area contributed by atoms with E-state index in [9.17, 15) is 4.79 Å². The first-order chi connectivity index (χ1) is 9.41. The highest BCUT2D eigenvalue weighted by molar-refractivity contribution is 7.17. The number of hydrogen-bond donors (Lipinski definition) is 1. The van der Waals surface area contributed by atoms with E-state index in [2.05, 4.69) is 36.3 Å². The molecule has 0 radical (unpaired) electrons. The molecular weight excluding hydrogens is 272 g/mol. The summed E-state index contributed by atoms with van der Waals surface area (Å²) >= 11 is 1.32. The van der Waals surface area contributed by atoms with Crippen LogP contribution in [0, 0.1) is 11.3 Å². The predicted molar refractivity (Wildman–Crippen MR) is 82.2 cm³/mol. The first-order valence-corrected chi connectivity index (χ1v) is 8.04. The van der Waals surface area contributed by atoms with E-state index in [1.807, 2.05) is 4.90 Å². The average molecular weight is 296 g/mol. The van der Waals surface area contributed by atoms with Crippen LogP contribution in [0.3, 0.4) is 0 Å². The molecule has 0 aromatic carbocycles. The number of amides is 1. The zero-order valence-corrected chi connectivity index (χ0v) is 13.6. The van der Waals surface area contributed by atoms with E-state index in [-0.39, 0.29) is 5.91 Å². The maximum absolute atomic E-state index is 12.4. The number of carbonyl (C=O) groups is 1. The molecule has 2 heterocycles. The Morgan fingerprint density at radius 2 is 2.05 bits per heavy atom. The summed E-state index contributed by atoms with van der Waals surface area (Å²) in [6, 6.07) is 0. The first kappa shape index (κ1) is 15.2. The van der Waals surface area contributed by atoms with Gasteiger partial charge in [-0.15, -0.1) is 10.2 Å². The van der Waals surface area contributed by atoms with Gasteiger partial charge in [0, 0.05) is 20.1 Å². The molecule has 1 saturated heterocycles. The molecule has 1 aliphatic heterocycles. The quantitative estimate of drug-likeness (QED) is 0.911. The van der Waals surface area contributed by atoms with Crippen LogP contribution in [-0.2, 0) is 0 Å². The van der Waals surface area contributed by atoms with Gasteiger partial charge in [0.1, 0.15) is 0 Å². The van der Waals surface area contributed by atoms with Gasteiger partial charge in [-0.05, 0) is 30.6 Å². The van der Waals surface area contributed by atoms with Crippen molar-refractivity contribution in [2.45, 2.75) is 40.0 Å². The highest BCUT2D eigenvalue weighted by atomic mass is 32.1. The van der Waals surface area contributed by atoms with Crippen molar-refractivity contribution in [3.05, 3.63) is 5.01 Å². The molecular formula is C14H24N4OS. The van der Waals surface area contributed by atoms with Crippen LogP contribution >= 0.6 is 11.3 Å². The molecule has 6 heteroatoms. The number of anilines is 1. The van der Waals surface area contributed by atoms with Crippen molar-refractivity contribution in [3.8, 4) is 0 Å². The van der Waals surface area contributed by atoms with Gasteiger partial charge >= 0.3 is 0 Å². The smallest absolute Gasteiger partial charge is 0.284 e. The fourth-order valence-electron chi connectivity index (χ4n) is 2.71. The fraction of sp³-hybridized carbons (Fsp3) is 0.786. The van der Waals surface area contributed by atoms with Gasteiger partial charge < -0.3 is 10.2 Å². The van der Waals surface area contributed by atoms with Crippen LogP contribution < -0.4 is 5.32 Å². The van der Waals surface area contributed by atoms with Gasteiger partial charge in [0.15, 0.2) is 0 Å². The van der Waals surface area contributed by atoms with E-state index in [0.29, 0.717) is 21.5 Å². The summed E-state index contributed by atoms with van der Waals surface area (Å²) in [5.41, 5.74) is 0.321. The number of hydrogen-bond acceptors (Lipinski definition) is 5. The Balaban J connectivity index is 2.01. The molecule has 1 fully saturated rings. The molecule has 2 rings (SSSR count). The molecule has 0 aliphatic carbocycles. The lowest BCUT2D eigenvalue weighted by Gasteiger charge is -2.29. The van der Waals surface area contributed by atoms with E-state index in [0.717, 1.165) is 25.9 Å². The number of rotatable bonds is 2. The molecule has 20 heavy (non-hydrogen) atoms. The normalized spacial score (nSPS) is 20.6. The molecule has 112 valence electrons. The Morgan fingerprint density at radius 1 is 1.30 bits per heavy atom. The second-order valence-corrected chi connectivity index (χ2v) is 7.43. The van der Waals surface area contributed by atoms with Crippen LogP contribution in [0.1, 0.15) is 49.8 Å². The van der Waals surface area contributed by atoms with Gasteiger partial charge in [-0.1, -0.05) is 32.1 Å². The Kier molecular flexibility index (Phi) is 4.62. The molecule has 0 spiro atoms. The van der Waals surface area contributed by atoms with Gasteiger partial charge in [0.2, 0.25) is 10.1 Å². The average Bonchev–Trinajstić information content (AvgIpc) is 2.72. The van der Waals surface area contributed by atoms with E-state index in [4.69, 9.17) is 0 Å². The van der Waals surface area contributed by atoms with Crippen molar-refractivity contribution in [2.75, 3.05) is 25.5 Å². The van der Waals surface area contributed by atoms with Gasteiger partial charge in [-0.25, -0.2) is 0 Å². The second-order valence-electron chi connectivity index (χ2n) is 6.45. The van der Waals surface area contributed by atoms with Crippen LogP contribution in [0.2, 0.25) is 0 Å². The highest BCUT2D eigenvalue weighted by Crippen LogP contribution is 2.34. The minimum absolute atomic E-state index is 0.0264. The summed E-state index contributed by atoms with van der Waals surface area (Å²) in [6.07, 6.45) is 3.35. The summed E-state index contributed by atoms with van der Waals surface area (Å²) in [5.74, 6) is 0.709. The lowest BCUT2D eigenvalue weighted by Crippen LogP contribution is -2.32. The maximum atomic E-state index is 12.4. The Bertz CT molecular complexity index is 466. The third-order valence-electron chi connectivity index (χ3n) is 4.06. The van der Waals surface area contributed by atoms with Crippen LogP contribution in [0.4, 0.5) is 5.13 Å². The topological polar surface area (TPSA) is 58.1 Å². The van der Waals surface area contributed by atoms with Gasteiger partial charge in [-0.3, -0.25) is 4.79 Å². The zero-order valence-electron chi connectivity index (χ0n) is 12.8. The number of nitrogens with zero attached hydrogens (tertiary/aromatic N) is 3. The molecule has 1 unspecified atom stereocenters. The second kappa shape index (κ2) is 6.08. The lowest BCUT2D eigenvalue weighted by atomic mass is 9.77. The fourth-order valence-corrected chi connectivity index (χ4v) is 3.38. The SMILES string of the molecule is CNc1nnc(C(=O)N2CCCC(C(C)(C)C)CC2)s1. The van der Waals surface area contributed by atoms with Crippen LogP contribution in [0.15, 0.2) is 0 Å². The van der Waals surface area contributed by atoms with E-state index < -0.39 is 0 Å².